The van der Waals surface area contributed by atoms with Crippen LogP contribution in [-0.4, -0.2) is 23.1 Å². The van der Waals surface area contributed by atoms with Crippen LogP contribution in [0.3, 0.4) is 0 Å². The molecule has 3 N–H and O–H groups in total. The number of rotatable bonds is 4. The van der Waals surface area contributed by atoms with Crippen LogP contribution < -0.4 is 11.1 Å². The van der Waals surface area contributed by atoms with E-state index < -0.39 is 0 Å². The molecule has 15 heavy (non-hydrogen) atoms. The number of hydrogen-bond donors (Lipinski definition) is 2. The molecule has 1 aromatic rings. The van der Waals surface area contributed by atoms with Crippen LogP contribution in [0.4, 0.5) is 0 Å². The van der Waals surface area contributed by atoms with Gasteiger partial charge in [-0.3, -0.25) is 4.79 Å². The number of amides is 1. The molecule has 5 nitrogen and oxygen atoms in total. The minimum atomic E-state index is -0.309. The van der Waals surface area contributed by atoms with Gasteiger partial charge in [0.25, 0.3) is 5.91 Å². The summed E-state index contributed by atoms with van der Waals surface area (Å²) in [6, 6.07) is 1.54. The fourth-order valence-electron chi connectivity index (χ4n) is 1.69. The van der Waals surface area contributed by atoms with E-state index in [4.69, 9.17) is 5.73 Å². The number of hydrogen-bond acceptors (Lipinski definition) is 4. The molecular formula is C10H15N3O2. The second-order valence-electron chi connectivity index (χ2n) is 4.23. The van der Waals surface area contributed by atoms with Crippen molar-refractivity contribution in [1.29, 1.82) is 0 Å². The lowest BCUT2D eigenvalue weighted by molar-refractivity contribution is 0.0888. The number of nitrogens with two attached hydrogens (primary N) is 1. The molecule has 1 fully saturated rings. The molecule has 82 valence electrons. The van der Waals surface area contributed by atoms with Crippen molar-refractivity contribution in [3.8, 4) is 0 Å². The van der Waals surface area contributed by atoms with Crippen molar-refractivity contribution in [2.24, 2.45) is 11.7 Å². The Bertz CT molecular complexity index is 346. The Morgan fingerprint density at radius 2 is 2.53 bits per heavy atom. The fraction of sp³-hybridized carbons (Fsp3) is 0.600. The number of carbonyl (C=O) groups is 1. The van der Waals surface area contributed by atoms with Crippen molar-refractivity contribution in [2.75, 3.05) is 6.54 Å². The average Bonchev–Trinajstić information content (AvgIpc) is 2.94. The van der Waals surface area contributed by atoms with Crippen molar-refractivity contribution in [1.82, 2.24) is 10.5 Å². The second-order valence-corrected chi connectivity index (χ2v) is 4.23. The molecule has 2 rings (SSSR count). The topological polar surface area (TPSA) is 81.1 Å². The van der Waals surface area contributed by atoms with Crippen LogP contribution in [-0.2, 0) is 0 Å². The molecule has 1 heterocycles. The normalized spacial score (nSPS) is 19.6. The van der Waals surface area contributed by atoms with Crippen LogP contribution in [0.5, 0.6) is 0 Å². The van der Waals surface area contributed by atoms with Gasteiger partial charge in [0.15, 0.2) is 5.69 Å². The van der Waals surface area contributed by atoms with Crippen LogP contribution >= 0.6 is 0 Å². The highest BCUT2D eigenvalue weighted by Crippen LogP contribution is 2.39. The van der Waals surface area contributed by atoms with Crippen LogP contribution in [0.25, 0.3) is 0 Å². The number of aromatic nitrogens is 1. The summed E-state index contributed by atoms with van der Waals surface area (Å²) in [6.07, 6.45) is 3.64. The zero-order valence-electron chi connectivity index (χ0n) is 8.69. The minimum Gasteiger partial charge on any atom is -0.364 e. The Hall–Kier alpha value is -1.36. The molecule has 0 aromatic carbocycles. The van der Waals surface area contributed by atoms with Gasteiger partial charge < -0.3 is 15.6 Å². The molecule has 1 atom stereocenters. The van der Waals surface area contributed by atoms with Gasteiger partial charge in [-0.2, -0.15) is 0 Å². The Morgan fingerprint density at radius 1 is 1.80 bits per heavy atom. The van der Waals surface area contributed by atoms with E-state index in [2.05, 4.69) is 15.0 Å². The predicted molar refractivity (Wildman–Crippen MR) is 54.2 cm³/mol. The lowest BCUT2D eigenvalue weighted by Gasteiger charge is -2.28. The Labute approximate surface area is 88.0 Å². The summed E-state index contributed by atoms with van der Waals surface area (Å²) < 4.78 is 4.62. The van der Waals surface area contributed by atoms with Crippen molar-refractivity contribution < 1.29 is 9.32 Å². The van der Waals surface area contributed by atoms with Crippen LogP contribution in [0, 0.1) is 5.92 Å². The summed E-state index contributed by atoms with van der Waals surface area (Å²) in [5.74, 6) is 0.280. The van der Waals surface area contributed by atoms with Gasteiger partial charge in [-0.1, -0.05) is 5.16 Å². The van der Waals surface area contributed by atoms with E-state index in [1.807, 2.05) is 6.92 Å². The highest BCUT2D eigenvalue weighted by Gasteiger charge is 2.41. The maximum absolute atomic E-state index is 11.7. The number of carbonyl (C=O) groups excluding carboxylic acids is 1. The fourth-order valence-corrected chi connectivity index (χ4v) is 1.69. The zero-order chi connectivity index (χ0) is 10.9. The summed E-state index contributed by atoms with van der Waals surface area (Å²) in [5, 5.41) is 6.51. The first kappa shape index (κ1) is 10.2. The van der Waals surface area contributed by atoms with Crippen molar-refractivity contribution in [2.45, 2.75) is 25.3 Å². The van der Waals surface area contributed by atoms with E-state index in [9.17, 15) is 4.79 Å². The third-order valence-corrected chi connectivity index (χ3v) is 2.97. The molecule has 1 amide bonds. The van der Waals surface area contributed by atoms with Gasteiger partial charge in [0, 0.05) is 12.6 Å². The average molecular weight is 209 g/mol. The number of nitrogens with zero attached hydrogens (tertiary/aromatic N) is 1. The standard InChI is InChI=1S/C10H15N3O2/c1-10(6-11,7-2-3-7)12-9(14)8-4-5-15-13-8/h4-5,7H,2-3,6,11H2,1H3,(H,12,14). The van der Waals surface area contributed by atoms with Gasteiger partial charge >= 0.3 is 0 Å². The van der Waals surface area contributed by atoms with E-state index in [-0.39, 0.29) is 11.4 Å². The van der Waals surface area contributed by atoms with Gasteiger partial charge in [-0.05, 0) is 25.7 Å². The lowest BCUT2D eigenvalue weighted by Crippen LogP contribution is -2.53. The molecule has 0 bridgehead atoms. The molecular weight excluding hydrogens is 194 g/mol. The highest BCUT2D eigenvalue weighted by atomic mass is 16.5. The van der Waals surface area contributed by atoms with E-state index in [0.717, 1.165) is 12.8 Å². The summed E-state index contributed by atoms with van der Waals surface area (Å²) in [5.41, 5.74) is 5.68. The first-order valence-corrected chi connectivity index (χ1v) is 5.08. The van der Waals surface area contributed by atoms with Gasteiger partial charge in [0.1, 0.15) is 6.26 Å². The summed E-state index contributed by atoms with van der Waals surface area (Å²) >= 11 is 0. The van der Waals surface area contributed by atoms with E-state index in [0.29, 0.717) is 18.2 Å². The molecule has 0 aliphatic heterocycles. The van der Waals surface area contributed by atoms with Gasteiger partial charge in [0.2, 0.25) is 0 Å². The summed E-state index contributed by atoms with van der Waals surface area (Å²) in [6.45, 7) is 2.42. The molecule has 1 saturated carbocycles. The molecule has 0 saturated heterocycles. The quantitative estimate of drug-likeness (QED) is 0.758. The van der Waals surface area contributed by atoms with Crippen LogP contribution in [0.15, 0.2) is 16.9 Å². The third-order valence-electron chi connectivity index (χ3n) is 2.97. The summed E-state index contributed by atoms with van der Waals surface area (Å²) in [4.78, 5) is 11.7. The molecule has 5 heteroatoms. The smallest absolute Gasteiger partial charge is 0.273 e. The van der Waals surface area contributed by atoms with E-state index in [1.165, 1.54) is 6.26 Å². The van der Waals surface area contributed by atoms with Crippen LogP contribution in [0.2, 0.25) is 0 Å². The Morgan fingerprint density at radius 3 is 3.00 bits per heavy atom. The van der Waals surface area contributed by atoms with Gasteiger partial charge in [0.05, 0.1) is 5.54 Å². The molecule has 1 unspecified atom stereocenters. The van der Waals surface area contributed by atoms with Crippen molar-refractivity contribution >= 4 is 5.91 Å². The maximum atomic E-state index is 11.7. The van der Waals surface area contributed by atoms with Gasteiger partial charge in [-0.25, -0.2) is 0 Å². The van der Waals surface area contributed by atoms with Gasteiger partial charge in [-0.15, -0.1) is 0 Å². The van der Waals surface area contributed by atoms with Crippen molar-refractivity contribution in [3.05, 3.63) is 18.0 Å². The van der Waals surface area contributed by atoms with E-state index in [1.54, 1.807) is 6.07 Å². The third kappa shape index (κ3) is 2.02. The molecule has 0 radical (unpaired) electrons. The Balaban J connectivity index is 2.04. The maximum Gasteiger partial charge on any atom is 0.273 e. The largest absolute Gasteiger partial charge is 0.364 e. The Kier molecular flexibility index (Phi) is 2.48. The molecule has 0 spiro atoms. The second kappa shape index (κ2) is 3.66. The predicted octanol–water partition coefficient (Wildman–Crippen LogP) is 0.532. The van der Waals surface area contributed by atoms with Crippen LogP contribution in [0.1, 0.15) is 30.3 Å². The number of nitrogens with one attached hydrogen (secondary N) is 1. The first-order chi connectivity index (χ1) is 7.15. The lowest BCUT2D eigenvalue weighted by atomic mass is 9.96. The van der Waals surface area contributed by atoms with E-state index >= 15 is 0 Å². The molecule has 1 aromatic heterocycles. The first-order valence-electron chi connectivity index (χ1n) is 5.08. The SMILES string of the molecule is CC(CN)(NC(=O)c1ccon1)C1CC1. The minimum absolute atomic E-state index is 0.219. The monoisotopic (exact) mass is 209 g/mol. The highest BCUT2D eigenvalue weighted by molar-refractivity contribution is 5.92. The summed E-state index contributed by atoms with van der Waals surface area (Å²) in [7, 11) is 0. The van der Waals surface area contributed by atoms with Crippen molar-refractivity contribution in [3.63, 3.8) is 0 Å². The molecule has 1 aliphatic carbocycles. The molecule has 1 aliphatic rings. The zero-order valence-corrected chi connectivity index (χ0v) is 8.69.